The Balaban J connectivity index is 1.39. The van der Waals surface area contributed by atoms with E-state index in [1.807, 2.05) is 6.07 Å². The van der Waals surface area contributed by atoms with Gasteiger partial charge in [-0.3, -0.25) is 9.69 Å². The van der Waals surface area contributed by atoms with E-state index in [2.05, 4.69) is 50.8 Å². The summed E-state index contributed by atoms with van der Waals surface area (Å²) in [6.07, 6.45) is 5.62. The van der Waals surface area contributed by atoms with Crippen LogP contribution in [0.4, 0.5) is 11.6 Å². The summed E-state index contributed by atoms with van der Waals surface area (Å²) in [6.45, 7) is 13.2. The third-order valence-electron chi connectivity index (χ3n) is 6.11. The Kier molecular flexibility index (Phi) is 7.48. The van der Waals surface area contributed by atoms with Crippen LogP contribution in [0.5, 0.6) is 0 Å². The van der Waals surface area contributed by atoms with Gasteiger partial charge in [0, 0.05) is 64.3 Å². The van der Waals surface area contributed by atoms with Crippen molar-refractivity contribution < 1.29 is 4.79 Å². The van der Waals surface area contributed by atoms with E-state index >= 15 is 0 Å². The number of amides is 1. The smallest absolute Gasteiger partial charge is 0.222 e. The lowest BCUT2D eigenvalue weighted by atomic mass is 9.92. The van der Waals surface area contributed by atoms with Gasteiger partial charge in [-0.2, -0.15) is 0 Å². The first-order chi connectivity index (χ1) is 13.6. The van der Waals surface area contributed by atoms with Crippen LogP contribution in [0.15, 0.2) is 12.4 Å². The summed E-state index contributed by atoms with van der Waals surface area (Å²) in [6, 6.07) is 2.61. The first kappa shape index (κ1) is 20.8. The number of carbonyl (C=O) groups is 1. The zero-order valence-electron chi connectivity index (χ0n) is 17.7. The molecule has 3 heterocycles. The van der Waals surface area contributed by atoms with Gasteiger partial charge >= 0.3 is 0 Å². The van der Waals surface area contributed by atoms with E-state index in [0.29, 0.717) is 24.3 Å². The number of hydrogen-bond acceptors (Lipinski definition) is 6. The highest BCUT2D eigenvalue weighted by molar-refractivity contribution is 5.76. The van der Waals surface area contributed by atoms with E-state index in [1.165, 1.54) is 0 Å². The molecule has 7 heteroatoms. The van der Waals surface area contributed by atoms with Gasteiger partial charge < -0.3 is 15.1 Å². The van der Waals surface area contributed by atoms with Gasteiger partial charge in [-0.25, -0.2) is 9.97 Å². The lowest BCUT2D eigenvalue weighted by Gasteiger charge is -2.37. The Hall–Kier alpha value is -1.89. The van der Waals surface area contributed by atoms with Crippen molar-refractivity contribution in [1.82, 2.24) is 19.8 Å². The predicted molar refractivity (Wildman–Crippen MR) is 114 cm³/mol. The molecule has 0 radical (unpaired) electrons. The predicted octanol–water partition coefficient (Wildman–Crippen LogP) is 2.46. The largest absolute Gasteiger partial charge is 0.370 e. The van der Waals surface area contributed by atoms with Crippen molar-refractivity contribution in [3.05, 3.63) is 12.4 Å². The average Bonchev–Trinajstić information content (AvgIpc) is 2.73. The van der Waals surface area contributed by atoms with Crippen molar-refractivity contribution in [3.8, 4) is 0 Å². The summed E-state index contributed by atoms with van der Waals surface area (Å²) < 4.78 is 0. The van der Waals surface area contributed by atoms with Gasteiger partial charge in [0.25, 0.3) is 0 Å². The van der Waals surface area contributed by atoms with Crippen molar-refractivity contribution in [2.24, 2.45) is 5.92 Å². The molecular weight excluding hydrogens is 352 g/mol. The molecule has 1 N–H and O–H groups in total. The zero-order chi connectivity index (χ0) is 19.9. The van der Waals surface area contributed by atoms with Crippen LogP contribution in [0, 0.1) is 5.92 Å². The van der Waals surface area contributed by atoms with E-state index < -0.39 is 0 Å². The topological polar surface area (TPSA) is 64.6 Å². The molecule has 0 aliphatic carbocycles. The van der Waals surface area contributed by atoms with Gasteiger partial charge in [-0.05, 0) is 46.0 Å². The first-order valence-corrected chi connectivity index (χ1v) is 10.9. The number of hydrogen-bond donors (Lipinski definition) is 1. The molecule has 2 fully saturated rings. The first-order valence-electron chi connectivity index (χ1n) is 10.9. The molecule has 156 valence electrons. The molecule has 2 aliphatic rings. The average molecular weight is 389 g/mol. The van der Waals surface area contributed by atoms with Gasteiger partial charge in [0.2, 0.25) is 5.91 Å². The number of aromatic nitrogens is 2. The molecule has 0 aromatic carbocycles. The summed E-state index contributed by atoms with van der Waals surface area (Å²) in [5.74, 6) is 2.88. The maximum atomic E-state index is 12.6. The monoisotopic (exact) mass is 388 g/mol. The fraction of sp³-hybridized carbons (Fsp3) is 0.762. The molecule has 0 spiro atoms. The number of piperazine rings is 1. The van der Waals surface area contributed by atoms with Crippen LogP contribution in [0.1, 0.15) is 46.5 Å². The number of carbonyl (C=O) groups excluding carboxylic acids is 1. The molecule has 1 amide bonds. The van der Waals surface area contributed by atoms with Crippen LogP contribution in [-0.4, -0.2) is 77.5 Å². The number of nitrogens with one attached hydrogen (secondary N) is 1. The second-order valence-electron chi connectivity index (χ2n) is 8.27. The number of piperidine rings is 1. The maximum Gasteiger partial charge on any atom is 0.222 e. The van der Waals surface area contributed by atoms with E-state index in [1.54, 1.807) is 6.33 Å². The maximum absolute atomic E-state index is 12.6. The zero-order valence-corrected chi connectivity index (χ0v) is 17.7. The molecule has 2 saturated heterocycles. The Morgan fingerprint density at radius 3 is 2.50 bits per heavy atom. The Morgan fingerprint density at radius 2 is 1.86 bits per heavy atom. The fourth-order valence-electron chi connectivity index (χ4n) is 4.22. The van der Waals surface area contributed by atoms with Crippen LogP contribution in [0.25, 0.3) is 0 Å². The van der Waals surface area contributed by atoms with Crippen LogP contribution in [0.2, 0.25) is 0 Å². The van der Waals surface area contributed by atoms with Crippen molar-refractivity contribution in [2.75, 3.05) is 56.0 Å². The van der Waals surface area contributed by atoms with E-state index in [-0.39, 0.29) is 0 Å². The summed E-state index contributed by atoms with van der Waals surface area (Å²) in [7, 11) is 0. The van der Waals surface area contributed by atoms with E-state index in [4.69, 9.17) is 0 Å². The highest BCUT2D eigenvalue weighted by Gasteiger charge is 2.25. The SMILES string of the molecule is CCNc1cc(N2CCC(CCC(=O)N3CCN(C(C)C)CC3)CC2)ncn1. The lowest BCUT2D eigenvalue weighted by molar-refractivity contribution is -0.133. The van der Waals surface area contributed by atoms with Crippen LogP contribution < -0.4 is 10.2 Å². The van der Waals surface area contributed by atoms with E-state index in [9.17, 15) is 4.79 Å². The van der Waals surface area contributed by atoms with Crippen LogP contribution in [0.3, 0.4) is 0 Å². The molecule has 7 nitrogen and oxygen atoms in total. The van der Waals surface area contributed by atoms with Gasteiger partial charge in [0.15, 0.2) is 0 Å². The van der Waals surface area contributed by atoms with Crippen LogP contribution >= 0.6 is 0 Å². The molecule has 3 rings (SSSR count). The number of anilines is 2. The summed E-state index contributed by atoms with van der Waals surface area (Å²) in [5.41, 5.74) is 0. The minimum absolute atomic E-state index is 0.344. The van der Waals surface area contributed by atoms with Gasteiger partial charge in [0.05, 0.1) is 0 Å². The van der Waals surface area contributed by atoms with E-state index in [0.717, 1.165) is 76.7 Å². The second-order valence-corrected chi connectivity index (χ2v) is 8.27. The molecule has 0 atom stereocenters. The number of nitrogens with zero attached hydrogens (tertiary/aromatic N) is 5. The third kappa shape index (κ3) is 5.56. The van der Waals surface area contributed by atoms with Gasteiger partial charge in [0.1, 0.15) is 18.0 Å². The molecular formula is C21H36N6O. The molecule has 2 aliphatic heterocycles. The Labute approximate surface area is 169 Å². The minimum atomic E-state index is 0.344. The Morgan fingerprint density at radius 1 is 1.14 bits per heavy atom. The highest BCUT2D eigenvalue weighted by atomic mass is 16.2. The van der Waals surface area contributed by atoms with Crippen molar-refractivity contribution in [3.63, 3.8) is 0 Å². The minimum Gasteiger partial charge on any atom is -0.370 e. The quantitative estimate of drug-likeness (QED) is 0.774. The Bertz CT molecular complexity index is 621. The van der Waals surface area contributed by atoms with Crippen molar-refractivity contribution in [2.45, 2.75) is 52.5 Å². The fourth-order valence-corrected chi connectivity index (χ4v) is 4.22. The number of rotatable bonds is 7. The molecule has 1 aromatic heterocycles. The van der Waals surface area contributed by atoms with Gasteiger partial charge in [-0.15, -0.1) is 0 Å². The summed E-state index contributed by atoms with van der Waals surface area (Å²) >= 11 is 0. The third-order valence-corrected chi connectivity index (χ3v) is 6.11. The van der Waals surface area contributed by atoms with Crippen LogP contribution in [-0.2, 0) is 4.79 Å². The molecule has 0 unspecified atom stereocenters. The standard InChI is InChI=1S/C21H36N6O/c1-4-22-19-15-20(24-16-23-19)26-9-7-18(8-10-26)5-6-21(28)27-13-11-25(12-14-27)17(2)3/h15-18H,4-14H2,1-3H3,(H,22,23,24). The summed E-state index contributed by atoms with van der Waals surface area (Å²) in [5, 5.41) is 3.25. The summed E-state index contributed by atoms with van der Waals surface area (Å²) in [4.78, 5) is 28.1. The second kappa shape index (κ2) is 10.0. The normalized spacial score (nSPS) is 19.3. The molecule has 0 bridgehead atoms. The molecule has 0 saturated carbocycles. The van der Waals surface area contributed by atoms with Crippen molar-refractivity contribution >= 4 is 17.5 Å². The lowest BCUT2D eigenvalue weighted by Crippen LogP contribution is -2.50. The molecule has 1 aromatic rings. The molecule has 28 heavy (non-hydrogen) atoms. The van der Waals surface area contributed by atoms with Gasteiger partial charge in [-0.1, -0.05) is 0 Å². The highest BCUT2D eigenvalue weighted by Crippen LogP contribution is 2.26. The van der Waals surface area contributed by atoms with Crippen molar-refractivity contribution in [1.29, 1.82) is 0 Å².